The van der Waals surface area contributed by atoms with Crippen LogP contribution in [0.4, 0.5) is 0 Å². The number of H-pyrrole nitrogens is 2. The fourth-order valence-corrected chi connectivity index (χ4v) is 3.21. The Morgan fingerprint density at radius 3 is 2.57 bits per heavy atom. The number of hydrogen-bond donors (Lipinski definition) is 2. The Morgan fingerprint density at radius 1 is 1.00 bits per heavy atom. The van der Waals surface area contributed by atoms with Crippen LogP contribution >= 0.6 is 0 Å². The predicted molar refractivity (Wildman–Crippen MR) is 114 cm³/mol. The number of nitrogens with one attached hydrogen (secondary N) is 2. The zero-order valence-corrected chi connectivity index (χ0v) is 16.7. The van der Waals surface area contributed by atoms with Crippen molar-refractivity contribution >= 4 is 28.2 Å². The maximum atomic E-state index is 12.9. The molecule has 2 aromatic heterocycles. The molecule has 0 unspecified atom stereocenters. The molecule has 0 saturated heterocycles. The van der Waals surface area contributed by atoms with E-state index in [1.54, 1.807) is 43.5 Å². The number of nitrogens with zero attached hydrogens (tertiary/aromatic N) is 2. The number of benzene rings is 2. The average molecular weight is 408 g/mol. The Labute approximate surface area is 170 Å². The van der Waals surface area contributed by atoms with Gasteiger partial charge in [0.05, 0.1) is 32.6 Å². The molecule has 2 aromatic carbocycles. The van der Waals surface area contributed by atoms with E-state index in [-0.39, 0.29) is 5.52 Å². The van der Waals surface area contributed by atoms with Crippen LogP contribution in [0, 0.1) is 0 Å². The predicted octanol–water partition coefficient (Wildman–Crippen LogP) is 2.47. The summed E-state index contributed by atoms with van der Waals surface area (Å²) < 4.78 is 16.8. The number of aromatic nitrogens is 3. The fourth-order valence-electron chi connectivity index (χ4n) is 3.21. The van der Waals surface area contributed by atoms with Crippen molar-refractivity contribution in [3.05, 3.63) is 62.8 Å². The van der Waals surface area contributed by atoms with E-state index in [1.165, 1.54) is 13.3 Å². The summed E-state index contributed by atoms with van der Waals surface area (Å²) in [6, 6.07) is 10.5. The molecule has 0 radical (unpaired) electrons. The molecule has 9 heteroatoms. The number of methoxy groups -OCH3 is 2. The molecular weight excluding hydrogens is 388 g/mol. The highest BCUT2D eigenvalue weighted by molar-refractivity contribution is 6.04. The molecule has 0 atom stereocenters. The van der Waals surface area contributed by atoms with Crippen molar-refractivity contribution in [3.63, 3.8) is 0 Å². The molecular formula is C21H20N4O5. The first-order valence-corrected chi connectivity index (χ1v) is 9.25. The third kappa shape index (κ3) is 3.30. The van der Waals surface area contributed by atoms with E-state index in [4.69, 9.17) is 14.2 Å². The Hall–Kier alpha value is -4.01. The van der Waals surface area contributed by atoms with Crippen LogP contribution in [0.2, 0.25) is 0 Å². The minimum Gasteiger partial charge on any atom is -0.497 e. The van der Waals surface area contributed by atoms with E-state index < -0.39 is 11.2 Å². The van der Waals surface area contributed by atoms with E-state index in [2.05, 4.69) is 15.1 Å². The maximum Gasteiger partial charge on any atom is 0.350 e. The minimum absolute atomic E-state index is 0.249. The smallest absolute Gasteiger partial charge is 0.350 e. The molecule has 4 rings (SSSR count). The summed E-state index contributed by atoms with van der Waals surface area (Å²) in [7, 11) is 3.09. The SMILES string of the molecule is CCOc1ccc(/C=N/n2c(=O)[nH]c3c([nH]c4ccc(OC)cc43)c2=O)cc1OC. The van der Waals surface area contributed by atoms with Crippen molar-refractivity contribution in [2.45, 2.75) is 6.92 Å². The first-order chi connectivity index (χ1) is 14.5. The summed E-state index contributed by atoms with van der Waals surface area (Å²) in [6.07, 6.45) is 1.41. The van der Waals surface area contributed by atoms with Crippen LogP contribution in [0.1, 0.15) is 12.5 Å². The van der Waals surface area contributed by atoms with Gasteiger partial charge in [-0.05, 0) is 48.9 Å². The van der Waals surface area contributed by atoms with Gasteiger partial charge in [-0.25, -0.2) is 4.79 Å². The van der Waals surface area contributed by atoms with Crippen molar-refractivity contribution < 1.29 is 14.2 Å². The maximum absolute atomic E-state index is 12.9. The lowest BCUT2D eigenvalue weighted by Crippen LogP contribution is -2.32. The second-order valence-electron chi connectivity index (χ2n) is 6.42. The van der Waals surface area contributed by atoms with Crippen LogP contribution in [0.3, 0.4) is 0 Å². The second-order valence-corrected chi connectivity index (χ2v) is 6.42. The Kier molecular flexibility index (Phi) is 5.01. The van der Waals surface area contributed by atoms with Gasteiger partial charge in [0.15, 0.2) is 11.5 Å². The third-order valence-corrected chi connectivity index (χ3v) is 4.65. The van der Waals surface area contributed by atoms with Gasteiger partial charge < -0.3 is 24.2 Å². The van der Waals surface area contributed by atoms with Crippen LogP contribution < -0.4 is 25.5 Å². The Morgan fingerprint density at radius 2 is 1.83 bits per heavy atom. The van der Waals surface area contributed by atoms with Gasteiger partial charge in [-0.3, -0.25) is 4.79 Å². The van der Waals surface area contributed by atoms with Crippen molar-refractivity contribution in [2.24, 2.45) is 5.10 Å². The molecule has 2 heterocycles. The number of ether oxygens (including phenoxy) is 3. The van der Waals surface area contributed by atoms with Crippen molar-refractivity contribution in [1.29, 1.82) is 0 Å². The zero-order chi connectivity index (χ0) is 21.3. The van der Waals surface area contributed by atoms with Crippen LogP contribution in [0.15, 0.2) is 51.1 Å². The number of aromatic amines is 2. The Balaban J connectivity index is 1.79. The fraction of sp³-hybridized carbons (Fsp3) is 0.190. The summed E-state index contributed by atoms with van der Waals surface area (Å²) >= 11 is 0. The minimum atomic E-state index is -0.648. The normalized spacial score (nSPS) is 11.4. The van der Waals surface area contributed by atoms with Gasteiger partial charge in [-0.1, -0.05) is 0 Å². The van der Waals surface area contributed by atoms with Crippen LogP contribution in [-0.4, -0.2) is 41.7 Å². The first kappa shape index (κ1) is 19.3. The molecule has 0 aliphatic rings. The molecule has 0 spiro atoms. The monoisotopic (exact) mass is 408 g/mol. The van der Waals surface area contributed by atoms with Crippen molar-refractivity contribution in [3.8, 4) is 17.2 Å². The lowest BCUT2D eigenvalue weighted by molar-refractivity contribution is 0.311. The topological polar surface area (TPSA) is 111 Å². The van der Waals surface area contributed by atoms with Crippen LogP contribution in [-0.2, 0) is 0 Å². The number of hydrogen-bond acceptors (Lipinski definition) is 6. The standard InChI is InChI=1S/C21H20N4O5/c1-4-30-16-8-5-12(9-17(16)29-3)11-22-25-20(26)19-18(24-21(25)27)14-10-13(28-2)6-7-15(14)23-19/h5-11,23H,4H2,1-3H3,(H,24,27)/b22-11+. The van der Waals surface area contributed by atoms with Gasteiger partial charge in [0.25, 0.3) is 0 Å². The molecule has 2 N–H and O–H groups in total. The van der Waals surface area contributed by atoms with Gasteiger partial charge in [0.2, 0.25) is 0 Å². The van der Waals surface area contributed by atoms with E-state index in [1.807, 2.05) is 6.92 Å². The van der Waals surface area contributed by atoms with E-state index in [0.717, 1.165) is 4.68 Å². The highest BCUT2D eigenvalue weighted by atomic mass is 16.5. The highest BCUT2D eigenvalue weighted by Gasteiger charge is 2.13. The second kappa shape index (κ2) is 7.78. The lowest BCUT2D eigenvalue weighted by atomic mass is 10.2. The average Bonchev–Trinajstić information content (AvgIpc) is 3.12. The number of fused-ring (bicyclic) bond motifs is 3. The highest BCUT2D eigenvalue weighted by Crippen LogP contribution is 2.27. The summed E-state index contributed by atoms with van der Waals surface area (Å²) in [5.41, 5.74) is 0.801. The molecule has 0 saturated carbocycles. The molecule has 4 aromatic rings. The van der Waals surface area contributed by atoms with Crippen molar-refractivity contribution in [2.75, 3.05) is 20.8 Å². The summed E-state index contributed by atoms with van der Waals surface area (Å²) in [6.45, 7) is 2.38. The van der Waals surface area contributed by atoms with Crippen LogP contribution in [0.25, 0.3) is 21.9 Å². The van der Waals surface area contributed by atoms with E-state index in [0.29, 0.717) is 45.8 Å². The molecule has 0 fully saturated rings. The summed E-state index contributed by atoms with van der Waals surface area (Å²) in [5, 5.41) is 4.76. The Bertz CT molecular complexity index is 1380. The number of rotatable bonds is 6. The molecule has 9 nitrogen and oxygen atoms in total. The lowest BCUT2D eigenvalue weighted by Gasteiger charge is -2.09. The zero-order valence-electron chi connectivity index (χ0n) is 16.7. The summed E-state index contributed by atoms with van der Waals surface area (Å²) in [4.78, 5) is 31.2. The van der Waals surface area contributed by atoms with Gasteiger partial charge in [-0.2, -0.15) is 5.10 Å². The van der Waals surface area contributed by atoms with Gasteiger partial charge >= 0.3 is 11.2 Å². The largest absolute Gasteiger partial charge is 0.497 e. The van der Waals surface area contributed by atoms with Crippen molar-refractivity contribution in [1.82, 2.24) is 14.6 Å². The molecule has 30 heavy (non-hydrogen) atoms. The van der Waals surface area contributed by atoms with Gasteiger partial charge in [0, 0.05) is 10.9 Å². The van der Waals surface area contributed by atoms with E-state index >= 15 is 0 Å². The third-order valence-electron chi connectivity index (χ3n) is 4.65. The molecule has 0 amide bonds. The van der Waals surface area contributed by atoms with Gasteiger partial charge in [-0.15, -0.1) is 4.68 Å². The summed E-state index contributed by atoms with van der Waals surface area (Å²) in [5.74, 6) is 1.75. The quantitative estimate of drug-likeness (QED) is 0.476. The van der Waals surface area contributed by atoms with Crippen LogP contribution in [0.5, 0.6) is 17.2 Å². The molecule has 154 valence electrons. The van der Waals surface area contributed by atoms with E-state index in [9.17, 15) is 9.59 Å². The van der Waals surface area contributed by atoms with Gasteiger partial charge in [0.1, 0.15) is 11.3 Å². The molecule has 0 aliphatic heterocycles. The molecule has 0 bridgehead atoms. The first-order valence-electron chi connectivity index (χ1n) is 9.25. The molecule has 0 aliphatic carbocycles.